The van der Waals surface area contributed by atoms with Gasteiger partial charge in [0.05, 0.1) is 12.6 Å². The van der Waals surface area contributed by atoms with E-state index in [1.807, 2.05) is 31.7 Å². The molecule has 2 bridgehead atoms. The van der Waals surface area contributed by atoms with Gasteiger partial charge in [0.2, 0.25) is 0 Å². The number of hydrogen-bond acceptors (Lipinski definition) is 4. The van der Waals surface area contributed by atoms with Crippen molar-refractivity contribution < 1.29 is 18.8 Å². The van der Waals surface area contributed by atoms with Crippen LogP contribution in [0.1, 0.15) is 67.2 Å². The zero-order chi connectivity index (χ0) is 20.6. The Morgan fingerprint density at radius 1 is 1.11 bits per heavy atom. The Labute approximate surface area is 165 Å². The van der Waals surface area contributed by atoms with Crippen LogP contribution in [0.5, 0.6) is 0 Å². The molecule has 154 valence electrons. The van der Waals surface area contributed by atoms with Gasteiger partial charge in [0.1, 0.15) is 5.60 Å². The second-order valence-electron chi connectivity index (χ2n) is 10.3. The summed E-state index contributed by atoms with van der Waals surface area (Å²) in [5, 5.41) is 0.0616. The lowest BCUT2D eigenvalue weighted by molar-refractivity contribution is -0.118. The van der Waals surface area contributed by atoms with E-state index in [0.29, 0.717) is 0 Å². The average molecular weight is 396 g/mol. The highest BCUT2D eigenvalue weighted by Gasteiger charge is 2.44. The molecule has 0 aromatic rings. The summed E-state index contributed by atoms with van der Waals surface area (Å²) < 4.78 is 11.8. The first-order valence-electron chi connectivity index (χ1n) is 10.1. The molecular weight excluding hydrogens is 358 g/mol. The Balaban J connectivity index is 2.13. The van der Waals surface area contributed by atoms with E-state index in [1.165, 1.54) is 0 Å². The molecule has 1 saturated heterocycles. The summed E-state index contributed by atoms with van der Waals surface area (Å²) >= 11 is 0. The van der Waals surface area contributed by atoms with Crippen LogP contribution in [0.3, 0.4) is 0 Å². The molecule has 0 radical (unpaired) electrons. The summed E-state index contributed by atoms with van der Waals surface area (Å²) in [7, 11) is -1.99. The molecule has 0 aromatic carbocycles. The molecule has 0 saturated carbocycles. The van der Waals surface area contributed by atoms with Crippen molar-refractivity contribution in [1.29, 1.82) is 0 Å². The highest BCUT2D eigenvalue weighted by atomic mass is 28.4. The maximum Gasteiger partial charge on any atom is 0.411 e. The van der Waals surface area contributed by atoms with Gasteiger partial charge in [-0.25, -0.2) is 4.79 Å². The molecule has 6 heteroatoms. The van der Waals surface area contributed by atoms with Crippen LogP contribution in [0, 0.1) is 0 Å². The second-order valence-corrected chi connectivity index (χ2v) is 15.2. The second kappa shape index (κ2) is 7.70. The van der Waals surface area contributed by atoms with Crippen LogP contribution in [-0.4, -0.2) is 49.4 Å². The number of fused-ring (bicyclic) bond motifs is 2. The van der Waals surface area contributed by atoms with Crippen molar-refractivity contribution in [3.8, 4) is 0 Å². The molecule has 27 heavy (non-hydrogen) atoms. The SMILES string of the molecule is CC(C)(C)OC(=O)N1C2CCC=C(C(=O)CO[Si](C)(C)C(C)(C)C)C1CC2. The van der Waals surface area contributed by atoms with Gasteiger partial charge in [-0.3, -0.25) is 9.69 Å². The summed E-state index contributed by atoms with van der Waals surface area (Å²) in [6, 6.07) is -0.0180. The maximum atomic E-state index is 13.0. The average Bonchev–Trinajstić information content (AvgIpc) is 2.78. The zero-order valence-electron chi connectivity index (χ0n) is 18.3. The van der Waals surface area contributed by atoms with Gasteiger partial charge in [0, 0.05) is 11.6 Å². The molecule has 0 spiro atoms. The van der Waals surface area contributed by atoms with E-state index >= 15 is 0 Å². The van der Waals surface area contributed by atoms with Gasteiger partial charge >= 0.3 is 6.09 Å². The predicted molar refractivity (Wildman–Crippen MR) is 110 cm³/mol. The quantitative estimate of drug-likeness (QED) is 0.624. The molecule has 0 N–H and O–H groups in total. The van der Waals surface area contributed by atoms with Crippen molar-refractivity contribution in [3.63, 3.8) is 0 Å². The molecule has 0 aliphatic carbocycles. The summed E-state index contributed by atoms with van der Waals surface area (Å²) in [4.78, 5) is 27.6. The van der Waals surface area contributed by atoms with Crippen LogP contribution in [0.2, 0.25) is 18.1 Å². The van der Waals surface area contributed by atoms with E-state index in [9.17, 15) is 9.59 Å². The fraction of sp³-hybridized carbons (Fsp3) is 0.810. The minimum Gasteiger partial charge on any atom is -0.444 e. The largest absolute Gasteiger partial charge is 0.444 e. The van der Waals surface area contributed by atoms with Crippen LogP contribution >= 0.6 is 0 Å². The molecule has 2 unspecified atom stereocenters. The van der Waals surface area contributed by atoms with Gasteiger partial charge in [-0.2, -0.15) is 0 Å². The Kier molecular flexibility index (Phi) is 6.32. The molecular formula is C21H37NO4Si. The first-order valence-corrected chi connectivity index (χ1v) is 13.0. The molecule has 2 rings (SSSR count). The maximum absolute atomic E-state index is 13.0. The van der Waals surface area contributed by atoms with E-state index in [1.54, 1.807) is 0 Å². The Morgan fingerprint density at radius 2 is 1.74 bits per heavy atom. The molecule has 2 heterocycles. The summed E-state index contributed by atoms with van der Waals surface area (Å²) in [6.45, 7) is 16.5. The van der Waals surface area contributed by atoms with E-state index in [4.69, 9.17) is 9.16 Å². The third kappa shape index (κ3) is 5.22. The lowest BCUT2D eigenvalue weighted by Crippen LogP contribution is -2.46. The van der Waals surface area contributed by atoms with E-state index in [-0.39, 0.29) is 35.6 Å². The number of Topliss-reactive ketones (excluding diaryl/α,β-unsaturated/α-hetero) is 1. The highest BCUT2D eigenvalue weighted by Crippen LogP contribution is 2.38. The minimum atomic E-state index is -1.99. The molecule has 2 aliphatic rings. The predicted octanol–water partition coefficient (Wildman–Crippen LogP) is 5.07. The monoisotopic (exact) mass is 395 g/mol. The normalized spacial score (nSPS) is 23.7. The first kappa shape index (κ1) is 22.1. The van der Waals surface area contributed by atoms with Crippen molar-refractivity contribution in [3.05, 3.63) is 11.6 Å². The van der Waals surface area contributed by atoms with Crippen molar-refractivity contribution in [2.45, 2.75) is 103 Å². The van der Waals surface area contributed by atoms with Gasteiger partial charge in [-0.05, 0) is 64.6 Å². The lowest BCUT2D eigenvalue weighted by atomic mass is 9.97. The van der Waals surface area contributed by atoms with E-state index < -0.39 is 13.9 Å². The summed E-state index contributed by atoms with van der Waals surface area (Å²) in [5.41, 5.74) is 0.196. The molecule has 2 aliphatic heterocycles. The number of ketones is 1. The Hall–Kier alpha value is -1.14. The number of allylic oxidation sites excluding steroid dienone is 1. The summed E-state index contributed by atoms with van der Waals surface area (Å²) in [6.07, 6.45) is 5.18. The molecule has 2 atom stereocenters. The van der Waals surface area contributed by atoms with Gasteiger partial charge in [0.25, 0.3) is 0 Å². The third-order valence-corrected chi connectivity index (χ3v) is 10.5. The number of ether oxygens (including phenoxy) is 1. The van der Waals surface area contributed by atoms with Crippen molar-refractivity contribution >= 4 is 20.2 Å². The van der Waals surface area contributed by atoms with Gasteiger partial charge in [0.15, 0.2) is 14.1 Å². The lowest BCUT2D eigenvalue weighted by Gasteiger charge is -2.36. The highest BCUT2D eigenvalue weighted by molar-refractivity contribution is 6.74. The minimum absolute atomic E-state index is 0.0148. The molecule has 0 aromatic heterocycles. The van der Waals surface area contributed by atoms with E-state index in [0.717, 1.165) is 31.3 Å². The standard InChI is InChI=1S/C21H37NO4Si/c1-20(2,3)26-19(24)22-15-10-9-11-16(17(22)13-12-15)18(23)14-25-27(7,8)21(4,5)6/h11,15,17H,9-10,12-14H2,1-8H3. The van der Waals surface area contributed by atoms with Crippen molar-refractivity contribution in [1.82, 2.24) is 4.90 Å². The summed E-state index contributed by atoms with van der Waals surface area (Å²) in [5.74, 6) is 0.0148. The van der Waals surface area contributed by atoms with Crippen LogP contribution in [0.15, 0.2) is 11.6 Å². The van der Waals surface area contributed by atoms with Crippen molar-refractivity contribution in [2.24, 2.45) is 0 Å². The smallest absolute Gasteiger partial charge is 0.411 e. The Bertz CT molecular complexity index is 613. The van der Waals surface area contributed by atoms with Crippen LogP contribution < -0.4 is 0 Å². The van der Waals surface area contributed by atoms with Gasteiger partial charge in [-0.1, -0.05) is 26.8 Å². The number of carbonyl (C=O) groups excluding carboxylic acids is 2. The van der Waals surface area contributed by atoms with E-state index in [2.05, 4.69) is 33.9 Å². The van der Waals surface area contributed by atoms with Crippen molar-refractivity contribution in [2.75, 3.05) is 6.61 Å². The van der Waals surface area contributed by atoms with Crippen LogP contribution in [0.4, 0.5) is 4.79 Å². The number of hydrogen-bond donors (Lipinski definition) is 0. The zero-order valence-corrected chi connectivity index (χ0v) is 19.3. The number of nitrogens with zero attached hydrogens (tertiary/aromatic N) is 1. The number of amides is 1. The first-order chi connectivity index (χ1) is 12.2. The van der Waals surface area contributed by atoms with Crippen LogP contribution in [-0.2, 0) is 14.0 Å². The molecule has 5 nitrogen and oxygen atoms in total. The topological polar surface area (TPSA) is 55.8 Å². The van der Waals surface area contributed by atoms with Gasteiger partial charge < -0.3 is 9.16 Å². The fourth-order valence-corrected chi connectivity index (χ4v) is 4.40. The molecule has 1 amide bonds. The number of rotatable bonds is 4. The van der Waals surface area contributed by atoms with Gasteiger partial charge in [-0.15, -0.1) is 0 Å². The Morgan fingerprint density at radius 3 is 2.30 bits per heavy atom. The fourth-order valence-electron chi connectivity index (χ4n) is 3.48. The third-order valence-electron chi connectivity index (χ3n) is 6.02. The molecule has 1 fully saturated rings. The van der Waals surface area contributed by atoms with Crippen LogP contribution in [0.25, 0.3) is 0 Å². The number of carbonyl (C=O) groups is 2.